The number of para-hydroxylation sites is 1. The summed E-state index contributed by atoms with van der Waals surface area (Å²) in [6.07, 6.45) is -0.810. The molecule has 0 atom stereocenters. The lowest BCUT2D eigenvalue weighted by atomic mass is 10.3. The summed E-state index contributed by atoms with van der Waals surface area (Å²) in [5.41, 5.74) is 0. The normalized spacial score (nSPS) is 10.1. The Bertz CT molecular complexity index is 285. The van der Waals surface area contributed by atoms with Gasteiger partial charge in [-0.3, -0.25) is 0 Å². The number of hydrogen-bond donors (Lipinski definition) is 0. The zero-order valence-electron chi connectivity index (χ0n) is 7.03. The molecular formula is C8H8O3. The number of hydrogen-bond acceptors (Lipinski definition) is 3. The number of methoxy groups -OCH3 is 1. The van der Waals surface area contributed by atoms with Crippen molar-refractivity contribution in [1.82, 2.24) is 0 Å². The molecule has 1 rings (SSSR count). The van der Waals surface area contributed by atoms with Crippen LogP contribution < -0.4 is 4.74 Å². The van der Waals surface area contributed by atoms with Crippen molar-refractivity contribution in [2.24, 2.45) is 0 Å². The van der Waals surface area contributed by atoms with E-state index in [4.69, 9.17) is 1.37 Å². The molecule has 0 saturated heterocycles. The zero-order valence-corrected chi connectivity index (χ0v) is 6.03. The third-order valence-electron chi connectivity index (χ3n) is 1.04. The Kier molecular flexibility index (Phi) is 2.04. The number of rotatable bonds is 1. The van der Waals surface area contributed by atoms with Crippen molar-refractivity contribution in [3.8, 4) is 5.75 Å². The van der Waals surface area contributed by atoms with Crippen LogP contribution in [0.5, 0.6) is 5.75 Å². The molecule has 1 aromatic rings. The fourth-order valence-corrected chi connectivity index (χ4v) is 0.572. The van der Waals surface area contributed by atoms with E-state index >= 15 is 0 Å². The molecule has 0 aliphatic heterocycles. The summed E-state index contributed by atoms with van der Waals surface area (Å²) in [6, 6.07) is 6.57. The standard InChI is InChI=1S/C8H8O3/c1-10-8(9)11-7-5-3-2-4-6-7/h2-6H,1H3/i5T. The van der Waals surface area contributed by atoms with Crippen LogP contribution in [-0.2, 0) is 4.74 Å². The van der Waals surface area contributed by atoms with Crippen molar-refractivity contribution < 1.29 is 15.6 Å². The molecule has 0 aliphatic carbocycles. The van der Waals surface area contributed by atoms with E-state index in [1.807, 2.05) is 0 Å². The Balaban J connectivity index is 2.75. The average Bonchev–Trinajstić information content (AvgIpc) is 2.09. The molecule has 0 bridgehead atoms. The van der Waals surface area contributed by atoms with Crippen LogP contribution in [0.25, 0.3) is 0 Å². The van der Waals surface area contributed by atoms with E-state index in [2.05, 4.69) is 9.47 Å². The molecule has 0 heterocycles. The molecule has 3 nitrogen and oxygen atoms in total. The highest BCUT2D eigenvalue weighted by atomic mass is 16.7. The molecule has 0 radical (unpaired) electrons. The van der Waals surface area contributed by atoms with Gasteiger partial charge in [-0.2, -0.15) is 0 Å². The van der Waals surface area contributed by atoms with Gasteiger partial charge >= 0.3 is 6.16 Å². The summed E-state index contributed by atoms with van der Waals surface area (Å²) in [4.78, 5) is 10.6. The first-order valence-electron chi connectivity index (χ1n) is 3.55. The highest BCUT2D eigenvalue weighted by Crippen LogP contribution is 2.08. The highest BCUT2D eigenvalue weighted by Gasteiger charge is 2.00. The van der Waals surface area contributed by atoms with Crippen LogP contribution >= 0.6 is 0 Å². The molecule has 0 unspecified atom stereocenters. The maximum absolute atomic E-state index is 10.6. The van der Waals surface area contributed by atoms with Gasteiger partial charge in [0.15, 0.2) is 0 Å². The maximum atomic E-state index is 10.6. The molecule has 0 fully saturated rings. The van der Waals surface area contributed by atoms with Crippen molar-refractivity contribution in [1.29, 1.82) is 0 Å². The fourth-order valence-electron chi connectivity index (χ4n) is 0.572. The second-order valence-electron chi connectivity index (χ2n) is 1.78. The number of carbonyl (C=O) groups is 1. The lowest BCUT2D eigenvalue weighted by molar-refractivity contribution is 0.121. The van der Waals surface area contributed by atoms with E-state index in [1.54, 1.807) is 12.1 Å². The van der Waals surface area contributed by atoms with Crippen molar-refractivity contribution >= 4 is 6.16 Å². The molecule has 0 aromatic heterocycles. The quantitative estimate of drug-likeness (QED) is 0.457. The van der Waals surface area contributed by atoms with Crippen LogP contribution in [0.3, 0.4) is 0 Å². The SMILES string of the molecule is [3H]c1ccccc1OC(=O)OC. The van der Waals surface area contributed by atoms with Crippen molar-refractivity contribution in [3.63, 3.8) is 0 Å². The van der Waals surface area contributed by atoms with Crippen LogP contribution in [0.4, 0.5) is 4.79 Å². The third-order valence-corrected chi connectivity index (χ3v) is 1.04. The summed E-state index contributed by atoms with van der Waals surface area (Å²) in [5.74, 6) is 0.198. The Morgan fingerprint density at radius 2 is 2.36 bits per heavy atom. The van der Waals surface area contributed by atoms with Gasteiger partial charge in [-0.1, -0.05) is 18.2 Å². The van der Waals surface area contributed by atoms with Crippen LogP contribution in [0.15, 0.2) is 30.3 Å². The van der Waals surface area contributed by atoms with Crippen LogP contribution in [-0.4, -0.2) is 13.3 Å². The molecule has 0 saturated carbocycles. The van der Waals surface area contributed by atoms with E-state index in [0.717, 1.165) is 0 Å². The Morgan fingerprint density at radius 1 is 1.55 bits per heavy atom. The smallest absolute Gasteiger partial charge is 0.437 e. The van der Waals surface area contributed by atoms with Crippen LogP contribution in [0.2, 0.25) is 0 Å². The zero-order chi connectivity index (χ0) is 8.97. The van der Waals surface area contributed by atoms with Gasteiger partial charge in [0.25, 0.3) is 0 Å². The molecule has 0 spiro atoms. The summed E-state index contributed by atoms with van der Waals surface area (Å²) >= 11 is 0. The van der Waals surface area contributed by atoms with Gasteiger partial charge in [-0.15, -0.1) is 0 Å². The van der Waals surface area contributed by atoms with E-state index in [-0.39, 0.29) is 11.8 Å². The van der Waals surface area contributed by atoms with Gasteiger partial charge < -0.3 is 9.47 Å². The van der Waals surface area contributed by atoms with Crippen molar-refractivity contribution in [2.75, 3.05) is 7.11 Å². The first-order valence-corrected chi connectivity index (χ1v) is 3.05. The number of benzene rings is 1. The van der Waals surface area contributed by atoms with Crippen LogP contribution in [0, 0.1) is 0 Å². The van der Waals surface area contributed by atoms with Gasteiger partial charge in [0.2, 0.25) is 0 Å². The molecule has 3 heteroatoms. The topological polar surface area (TPSA) is 35.5 Å². The predicted molar refractivity (Wildman–Crippen MR) is 39.5 cm³/mol. The van der Waals surface area contributed by atoms with Crippen molar-refractivity contribution in [3.05, 3.63) is 30.3 Å². The summed E-state index contributed by atoms with van der Waals surface area (Å²) in [5, 5.41) is 0. The summed E-state index contributed by atoms with van der Waals surface area (Å²) < 4.78 is 16.2. The summed E-state index contributed by atoms with van der Waals surface area (Å²) in [7, 11) is 1.22. The Labute approximate surface area is 66.0 Å². The van der Waals surface area contributed by atoms with Gasteiger partial charge in [0, 0.05) is 0 Å². The van der Waals surface area contributed by atoms with Crippen molar-refractivity contribution in [2.45, 2.75) is 0 Å². The Hall–Kier alpha value is -1.51. The maximum Gasteiger partial charge on any atom is 0.513 e. The molecule has 1 aromatic carbocycles. The largest absolute Gasteiger partial charge is 0.513 e. The lowest BCUT2D eigenvalue weighted by Crippen LogP contribution is -2.06. The minimum absolute atomic E-state index is 0.155. The van der Waals surface area contributed by atoms with Crippen LogP contribution in [0.1, 0.15) is 1.37 Å². The minimum Gasteiger partial charge on any atom is -0.437 e. The monoisotopic (exact) mass is 154 g/mol. The van der Waals surface area contributed by atoms with E-state index in [1.165, 1.54) is 19.2 Å². The van der Waals surface area contributed by atoms with E-state index < -0.39 is 6.16 Å². The molecule has 0 N–H and O–H groups in total. The van der Waals surface area contributed by atoms with Gasteiger partial charge in [-0.25, -0.2) is 4.79 Å². The summed E-state index contributed by atoms with van der Waals surface area (Å²) in [6.45, 7) is 0. The molecular weight excluding hydrogens is 144 g/mol. The van der Waals surface area contributed by atoms with Gasteiger partial charge in [0.1, 0.15) is 5.75 Å². The van der Waals surface area contributed by atoms with Gasteiger partial charge in [-0.05, 0) is 12.1 Å². The fraction of sp³-hybridized carbons (Fsp3) is 0.125. The molecule has 58 valence electrons. The van der Waals surface area contributed by atoms with Gasteiger partial charge in [0.05, 0.1) is 8.48 Å². The van der Waals surface area contributed by atoms with E-state index in [0.29, 0.717) is 0 Å². The third kappa shape index (κ3) is 2.29. The van der Waals surface area contributed by atoms with E-state index in [9.17, 15) is 4.79 Å². The minimum atomic E-state index is -0.810. The first-order chi connectivity index (χ1) is 5.74. The Morgan fingerprint density at radius 3 is 3.00 bits per heavy atom. The molecule has 11 heavy (non-hydrogen) atoms. The number of carbonyl (C=O) groups excluding carboxylic acids is 1. The number of ether oxygens (including phenoxy) is 2. The predicted octanol–water partition coefficient (Wildman–Crippen LogP) is 1.83. The second kappa shape index (κ2) is 3.61. The molecule has 0 amide bonds. The highest BCUT2D eigenvalue weighted by molar-refractivity contribution is 5.63. The lowest BCUT2D eigenvalue weighted by Gasteiger charge is -1.99. The average molecular weight is 154 g/mol. The molecule has 0 aliphatic rings. The first kappa shape index (κ1) is 6.22. The second-order valence-corrected chi connectivity index (χ2v) is 1.78.